The summed E-state index contributed by atoms with van der Waals surface area (Å²) < 4.78 is 10.5. The van der Waals surface area contributed by atoms with E-state index >= 15 is 0 Å². The summed E-state index contributed by atoms with van der Waals surface area (Å²) in [6, 6.07) is 5.19. The number of carbonyl (C=O) groups excluding carboxylic acids is 1. The van der Waals surface area contributed by atoms with E-state index in [9.17, 15) is 4.79 Å². The largest absolute Gasteiger partial charge is 0.493 e. The molecule has 0 saturated carbocycles. The molecular weight excluding hydrogens is 232 g/mol. The second-order valence-corrected chi connectivity index (χ2v) is 4.08. The second kappa shape index (κ2) is 6.74. The topological polar surface area (TPSA) is 73.6 Å². The van der Waals surface area contributed by atoms with Crippen LogP contribution in [0.2, 0.25) is 0 Å². The van der Waals surface area contributed by atoms with E-state index in [-0.39, 0.29) is 18.6 Å². The molecular formula is C13H20N2O3. The molecule has 0 aliphatic heterocycles. The first kappa shape index (κ1) is 14.2. The summed E-state index contributed by atoms with van der Waals surface area (Å²) in [5.41, 5.74) is 6.21. The van der Waals surface area contributed by atoms with Crippen LogP contribution in [0.15, 0.2) is 18.2 Å². The molecule has 0 radical (unpaired) electrons. The molecule has 1 amide bonds. The van der Waals surface area contributed by atoms with Crippen LogP contribution in [-0.4, -0.2) is 25.7 Å². The third-order valence-electron chi connectivity index (χ3n) is 2.57. The Morgan fingerprint density at radius 1 is 1.44 bits per heavy atom. The van der Waals surface area contributed by atoms with E-state index in [0.29, 0.717) is 17.2 Å². The van der Waals surface area contributed by atoms with E-state index in [4.69, 9.17) is 15.2 Å². The van der Waals surface area contributed by atoms with Gasteiger partial charge in [0.05, 0.1) is 7.11 Å². The number of benzene rings is 1. The van der Waals surface area contributed by atoms with Crippen LogP contribution >= 0.6 is 0 Å². The molecule has 0 spiro atoms. The number of ether oxygens (including phenoxy) is 2. The van der Waals surface area contributed by atoms with Crippen molar-refractivity contribution in [2.45, 2.75) is 26.3 Å². The van der Waals surface area contributed by atoms with Crippen molar-refractivity contribution in [3.05, 3.63) is 18.2 Å². The van der Waals surface area contributed by atoms with Gasteiger partial charge >= 0.3 is 0 Å². The lowest BCUT2D eigenvalue weighted by atomic mass is 10.2. The van der Waals surface area contributed by atoms with E-state index in [1.807, 2.05) is 13.8 Å². The van der Waals surface area contributed by atoms with Crippen molar-refractivity contribution >= 4 is 11.6 Å². The van der Waals surface area contributed by atoms with Crippen LogP contribution < -0.4 is 20.5 Å². The average molecular weight is 252 g/mol. The first-order chi connectivity index (χ1) is 8.56. The smallest absolute Gasteiger partial charge is 0.258 e. The molecule has 0 heterocycles. The van der Waals surface area contributed by atoms with Gasteiger partial charge in [0.25, 0.3) is 5.91 Å². The summed E-state index contributed by atoms with van der Waals surface area (Å²) in [6.07, 6.45) is 0.886. The molecule has 0 fully saturated rings. The van der Waals surface area contributed by atoms with Crippen molar-refractivity contribution in [2.24, 2.45) is 0 Å². The summed E-state index contributed by atoms with van der Waals surface area (Å²) in [5, 5.41) is 2.82. The van der Waals surface area contributed by atoms with Gasteiger partial charge in [0.15, 0.2) is 18.1 Å². The fraction of sp³-hybridized carbons (Fsp3) is 0.462. The Morgan fingerprint density at radius 2 is 2.17 bits per heavy atom. The number of rotatable bonds is 6. The number of hydrogen-bond acceptors (Lipinski definition) is 4. The third-order valence-corrected chi connectivity index (χ3v) is 2.57. The lowest BCUT2D eigenvalue weighted by Crippen LogP contribution is -2.35. The highest BCUT2D eigenvalue weighted by molar-refractivity contribution is 5.77. The van der Waals surface area contributed by atoms with E-state index < -0.39 is 0 Å². The van der Waals surface area contributed by atoms with Crippen molar-refractivity contribution in [2.75, 3.05) is 19.5 Å². The maximum absolute atomic E-state index is 11.6. The van der Waals surface area contributed by atoms with Crippen molar-refractivity contribution in [3.63, 3.8) is 0 Å². The normalized spacial score (nSPS) is 11.7. The second-order valence-electron chi connectivity index (χ2n) is 4.08. The van der Waals surface area contributed by atoms with Crippen molar-refractivity contribution in [1.82, 2.24) is 5.32 Å². The molecule has 1 aromatic rings. The summed E-state index contributed by atoms with van der Waals surface area (Å²) >= 11 is 0. The third kappa shape index (κ3) is 4.16. The van der Waals surface area contributed by atoms with Crippen LogP contribution in [0.5, 0.6) is 11.5 Å². The molecule has 1 aromatic carbocycles. The van der Waals surface area contributed by atoms with Gasteiger partial charge in [-0.1, -0.05) is 6.92 Å². The molecule has 18 heavy (non-hydrogen) atoms. The molecule has 1 rings (SSSR count). The van der Waals surface area contributed by atoms with E-state index in [1.54, 1.807) is 18.2 Å². The van der Waals surface area contributed by atoms with Gasteiger partial charge in [0, 0.05) is 17.8 Å². The molecule has 0 bridgehead atoms. The fourth-order valence-electron chi connectivity index (χ4n) is 1.37. The summed E-state index contributed by atoms with van der Waals surface area (Å²) in [7, 11) is 1.53. The van der Waals surface area contributed by atoms with Crippen molar-refractivity contribution in [1.29, 1.82) is 0 Å². The Bertz CT molecular complexity index is 407. The van der Waals surface area contributed by atoms with E-state index in [1.165, 1.54) is 7.11 Å². The minimum Gasteiger partial charge on any atom is -0.493 e. The first-order valence-electron chi connectivity index (χ1n) is 5.92. The number of methoxy groups -OCH3 is 1. The molecule has 1 unspecified atom stereocenters. The van der Waals surface area contributed by atoms with Crippen LogP contribution in [0, 0.1) is 0 Å². The fourth-order valence-corrected chi connectivity index (χ4v) is 1.37. The van der Waals surface area contributed by atoms with Crippen LogP contribution in [0.25, 0.3) is 0 Å². The molecule has 0 aliphatic rings. The molecule has 5 heteroatoms. The number of nitrogens with two attached hydrogens (primary N) is 1. The summed E-state index contributed by atoms with van der Waals surface area (Å²) in [5.74, 6) is 0.876. The maximum Gasteiger partial charge on any atom is 0.258 e. The van der Waals surface area contributed by atoms with Crippen molar-refractivity contribution in [3.8, 4) is 11.5 Å². The summed E-state index contributed by atoms with van der Waals surface area (Å²) in [6.45, 7) is 3.92. The molecule has 0 aliphatic carbocycles. The van der Waals surface area contributed by atoms with Gasteiger partial charge in [-0.2, -0.15) is 0 Å². The highest BCUT2D eigenvalue weighted by atomic mass is 16.5. The Hall–Kier alpha value is -1.91. The van der Waals surface area contributed by atoms with E-state index in [0.717, 1.165) is 6.42 Å². The number of hydrogen-bond donors (Lipinski definition) is 2. The quantitative estimate of drug-likeness (QED) is 0.754. The van der Waals surface area contributed by atoms with Gasteiger partial charge in [-0.15, -0.1) is 0 Å². The lowest BCUT2D eigenvalue weighted by molar-refractivity contribution is -0.123. The Kier molecular flexibility index (Phi) is 5.30. The number of nitrogen functional groups attached to an aromatic ring is 1. The van der Waals surface area contributed by atoms with E-state index in [2.05, 4.69) is 5.32 Å². The van der Waals surface area contributed by atoms with Gasteiger partial charge in [0.1, 0.15) is 0 Å². The minimum atomic E-state index is -0.150. The van der Waals surface area contributed by atoms with Gasteiger partial charge < -0.3 is 20.5 Å². The Morgan fingerprint density at radius 3 is 2.78 bits per heavy atom. The molecule has 0 aromatic heterocycles. The summed E-state index contributed by atoms with van der Waals surface area (Å²) in [4.78, 5) is 11.6. The number of anilines is 1. The molecule has 5 nitrogen and oxygen atoms in total. The monoisotopic (exact) mass is 252 g/mol. The molecule has 3 N–H and O–H groups in total. The van der Waals surface area contributed by atoms with Gasteiger partial charge in [-0.05, 0) is 25.5 Å². The minimum absolute atomic E-state index is 0.0371. The van der Waals surface area contributed by atoms with Crippen LogP contribution in [0.4, 0.5) is 5.69 Å². The zero-order valence-corrected chi connectivity index (χ0v) is 11.0. The van der Waals surface area contributed by atoms with Crippen LogP contribution in [0.1, 0.15) is 20.3 Å². The maximum atomic E-state index is 11.6. The first-order valence-corrected chi connectivity index (χ1v) is 5.92. The molecule has 100 valence electrons. The number of amides is 1. The predicted octanol–water partition coefficient (Wildman–Crippen LogP) is 1.57. The number of carbonyl (C=O) groups is 1. The predicted molar refractivity (Wildman–Crippen MR) is 70.8 cm³/mol. The average Bonchev–Trinajstić information content (AvgIpc) is 2.36. The molecule has 0 saturated heterocycles. The van der Waals surface area contributed by atoms with Gasteiger partial charge in [0.2, 0.25) is 0 Å². The van der Waals surface area contributed by atoms with Crippen LogP contribution in [-0.2, 0) is 4.79 Å². The zero-order valence-electron chi connectivity index (χ0n) is 11.0. The van der Waals surface area contributed by atoms with Gasteiger partial charge in [-0.25, -0.2) is 0 Å². The lowest BCUT2D eigenvalue weighted by Gasteiger charge is -2.13. The standard InChI is InChI=1S/C13H20N2O3/c1-4-9(2)15-13(16)8-18-11-6-5-10(14)7-12(11)17-3/h5-7,9H,4,8,14H2,1-3H3,(H,15,16). The zero-order chi connectivity index (χ0) is 13.5. The van der Waals surface area contributed by atoms with Crippen molar-refractivity contribution < 1.29 is 14.3 Å². The Labute approximate surface area is 107 Å². The Balaban J connectivity index is 2.55. The SMILES string of the molecule is CCC(C)NC(=O)COc1ccc(N)cc1OC. The highest BCUT2D eigenvalue weighted by Crippen LogP contribution is 2.28. The van der Waals surface area contributed by atoms with Crippen LogP contribution in [0.3, 0.4) is 0 Å². The molecule has 1 atom stereocenters. The number of nitrogens with one attached hydrogen (secondary N) is 1. The highest BCUT2D eigenvalue weighted by Gasteiger charge is 2.09. The van der Waals surface area contributed by atoms with Gasteiger partial charge in [-0.3, -0.25) is 4.79 Å².